The molecule has 0 unspecified atom stereocenters. The normalized spacial score (nSPS) is 12.1. The average molecular weight is 415 g/mol. The van der Waals surface area contributed by atoms with Crippen LogP contribution in [0.1, 0.15) is 30.9 Å². The van der Waals surface area contributed by atoms with E-state index in [1.54, 1.807) is 21.1 Å². The molecule has 0 spiro atoms. The Kier molecular flexibility index (Phi) is 11.5. The highest BCUT2D eigenvalue weighted by atomic mass is 32.2. The predicted molar refractivity (Wildman–Crippen MR) is 113 cm³/mol. The summed E-state index contributed by atoms with van der Waals surface area (Å²) in [5, 5.41) is 6.44. The maximum absolute atomic E-state index is 11.4. The molecule has 3 N–H and O–H groups in total. The third kappa shape index (κ3) is 9.91. The molecule has 0 amide bonds. The Balaban J connectivity index is 2.45. The molecule has 28 heavy (non-hydrogen) atoms. The third-order valence-electron chi connectivity index (χ3n) is 3.99. The lowest BCUT2D eigenvalue weighted by Crippen LogP contribution is -2.38. The number of rotatable bonds is 13. The Morgan fingerprint density at radius 3 is 2.61 bits per heavy atom. The number of methoxy groups -OCH3 is 1. The molecule has 1 rings (SSSR count). The van der Waals surface area contributed by atoms with Crippen molar-refractivity contribution in [1.29, 1.82) is 0 Å². The lowest BCUT2D eigenvalue weighted by atomic mass is 10.1. The summed E-state index contributed by atoms with van der Waals surface area (Å²) in [6, 6.07) is 6.12. The fraction of sp³-hybridized carbons (Fsp3) is 0.632. The van der Waals surface area contributed by atoms with E-state index in [1.807, 2.05) is 19.1 Å². The second-order valence-corrected chi connectivity index (χ2v) is 8.41. The molecule has 1 aromatic rings. The summed E-state index contributed by atoms with van der Waals surface area (Å²) < 4.78 is 36.3. The van der Waals surface area contributed by atoms with Gasteiger partial charge in [0.2, 0.25) is 10.0 Å². The molecule has 0 saturated heterocycles. The molecular formula is C19H34N4O4S. The van der Waals surface area contributed by atoms with Crippen LogP contribution < -0.4 is 20.1 Å². The number of nitrogens with zero attached hydrogens (tertiary/aromatic N) is 1. The molecule has 0 fully saturated rings. The van der Waals surface area contributed by atoms with E-state index in [2.05, 4.69) is 26.4 Å². The van der Waals surface area contributed by atoms with Crippen LogP contribution in [0.5, 0.6) is 5.75 Å². The van der Waals surface area contributed by atoms with Gasteiger partial charge in [0.1, 0.15) is 5.75 Å². The first-order valence-electron chi connectivity index (χ1n) is 9.55. The lowest BCUT2D eigenvalue weighted by Gasteiger charge is -2.15. The van der Waals surface area contributed by atoms with Crippen LogP contribution >= 0.6 is 0 Å². The van der Waals surface area contributed by atoms with Crippen molar-refractivity contribution in [2.75, 3.05) is 46.2 Å². The molecule has 1 aromatic carbocycles. The number of ether oxygens (including phenoxy) is 2. The number of benzene rings is 1. The molecule has 9 heteroatoms. The van der Waals surface area contributed by atoms with Gasteiger partial charge in [-0.2, -0.15) is 0 Å². The summed E-state index contributed by atoms with van der Waals surface area (Å²) in [4.78, 5) is 4.20. The first-order chi connectivity index (χ1) is 13.4. The molecule has 0 aliphatic heterocycles. The quantitative estimate of drug-likeness (QED) is 0.256. The number of nitrogens with one attached hydrogen (secondary N) is 3. The molecule has 0 saturated carbocycles. The van der Waals surface area contributed by atoms with Crippen molar-refractivity contribution in [3.05, 3.63) is 29.3 Å². The summed E-state index contributed by atoms with van der Waals surface area (Å²) in [7, 11) is 0.244. The minimum atomic E-state index is -3.14. The van der Waals surface area contributed by atoms with E-state index >= 15 is 0 Å². The van der Waals surface area contributed by atoms with Crippen LogP contribution in [-0.2, 0) is 21.3 Å². The zero-order valence-corrected chi connectivity index (χ0v) is 18.2. The lowest BCUT2D eigenvalue weighted by molar-refractivity contribution is 0.171. The van der Waals surface area contributed by atoms with Crippen LogP contribution in [0.25, 0.3) is 0 Å². The van der Waals surface area contributed by atoms with Crippen molar-refractivity contribution < 1.29 is 17.9 Å². The van der Waals surface area contributed by atoms with E-state index in [9.17, 15) is 8.42 Å². The van der Waals surface area contributed by atoms with Gasteiger partial charge in [0, 0.05) is 52.4 Å². The third-order valence-corrected chi connectivity index (χ3v) is 5.39. The van der Waals surface area contributed by atoms with Gasteiger partial charge < -0.3 is 20.1 Å². The predicted octanol–water partition coefficient (Wildman–Crippen LogP) is 1.40. The van der Waals surface area contributed by atoms with Crippen LogP contribution in [-0.4, -0.2) is 60.6 Å². The van der Waals surface area contributed by atoms with Crippen molar-refractivity contribution in [2.45, 2.75) is 33.2 Å². The zero-order valence-electron chi connectivity index (χ0n) is 17.4. The second kappa shape index (κ2) is 13.4. The van der Waals surface area contributed by atoms with Gasteiger partial charge in [-0.25, -0.2) is 13.1 Å². The Labute approximate surface area is 169 Å². The highest BCUT2D eigenvalue weighted by molar-refractivity contribution is 7.89. The van der Waals surface area contributed by atoms with E-state index in [0.29, 0.717) is 45.2 Å². The van der Waals surface area contributed by atoms with E-state index < -0.39 is 10.0 Å². The van der Waals surface area contributed by atoms with Crippen LogP contribution in [0.3, 0.4) is 0 Å². The fourth-order valence-corrected chi connectivity index (χ4v) is 3.01. The van der Waals surface area contributed by atoms with Crippen molar-refractivity contribution in [2.24, 2.45) is 4.99 Å². The number of sulfonamides is 1. The van der Waals surface area contributed by atoms with Crippen LogP contribution in [0.2, 0.25) is 0 Å². The summed E-state index contributed by atoms with van der Waals surface area (Å²) in [5.41, 5.74) is 2.18. The Bertz CT molecular complexity index is 708. The first kappa shape index (κ1) is 24.2. The molecule has 0 bridgehead atoms. The Morgan fingerprint density at radius 2 is 1.93 bits per heavy atom. The summed E-state index contributed by atoms with van der Waals surface area (Å²) >= 11 is 0. The zero-order chi connectivity index (χ0) is 20.8. The van der Waals surface area contributed by atoms with Gasteiger partial charge >= 0.3 is 0 Å². The molecule has 0 aliphatic carbocycles. The van der Waals surface area contributed by atoms with Crippen LogP contribution in [0.4, 0.5) is 0 Å². The molecule has 0 heterocycles. The van der Waals surface area contributed by atoms with Gasteiger partial charge in [0.25, 0.3) is 0 Å². The van der Waals surface area contributed by atoms with Crippen molar-refractivity contribution in [3.63, 3.8) is 0 Å². The van der Waals surface area contributed by atoms with Crippen LogP contribution in [0.15, 0.2) is 23.2 Å². The minimum Gasteiger partial charge on any atom is -0.493 e. The van der Waals surface area contributed by atoms with E-state index in [-0.39, 0.29) is 5.75 Å². The molecule has 160 valence electrons. The number of aryl methyl sites for hydroxylation is 1. The highest BCUT2D eigenvalue weighted by Gasteiger charge is 2.07. The molecule has 0 aromatic heterocycles. The van der Waals surface area contributed by atoms with E-state index in [1.165, 1.54) is 0 Å². The second-order valence-electron chi connectivity index (χ2n) is 6.31. The summed E-state index contributed by atoms with van der Waals surface area (Å²) in [6.07, 6.45) is 1.50. The highest BCUT2D eigenvalue weighted by Crippen LogP contribution is 2.20. The summed E-state index contributed by atoms with van der Waals surface area (Å²) in [5.74, 6) is 1.60. The number of hydrogen-bond donors (Lipinski definition) is 3. The molecular weight excluding hydrogens is 380 g/mol. The van der Waals surface area contributed by atoms with Gasteiger partial charge in [0.05, 0.1) is 12.4 Å². The topological polar surface area (TPSA) is 101 Å². The summed E-state index contributed by atoms with van der Waals surface area (Å²) in [6.45, 7) is 6.51. The van der Waals surface area contributed by atoms with Crippen molar-refractivity contribution >= 4 is 16.0 Å². The SMILES string of the molecule is CCS(=O)(=O)NCCCNC(=NC)NCc1ccc(C)cc1OCCCOC. The largest absolute Gasteiger partial charge is 0.493 e. The maximum Gasteiger partial charge on any atom is 0.211 e. The molecule has 0 aliphatic rings. The number of aliphatic imine (C=N–C) groups is 1. The van der Waals surface area contributed by atoms with Gasteiger partial charge in [-0.1, -0.05) is 12.1 Å². The van der Waals surface area contributed by atoms with Gasteiger partial charge in [0.15, 0.2) is 5.96 Å². The fourth-order valence-electron chi connectivity index (χ4n) is 2.35. The maximum atomic E-state index is 11.4. The van der Waals surface area contributed by atoms with Crippen molar-refractivity contribution in [3.8, 4) is 5.75 Å². The number of hydrogen-bond acceptors (Lipinski definition) is 5. The van der Waals surface area contributed by atoms with Crippen LogP contribution in [0, 0.1) is 6.92 Å². The van der Waals surface area contributed by atoms with Gasteiger partial charge in [-0.15, -0.1) is 0 Å². The Morgan fingerprint density at radius 1 is 1.14 bits per heavy atom. The number of guanidine groups is 1. The van der Waals surface area contributed by atoms with E-state index in [0.717, 1.165) is 23.3 Å². The standard InChI is InChI=1S/C19H34N4O4S/c1-5-28(24,25)23-11-6-10-21-19(20-3)22-15-17-9-8-16(2)14-18(17)27-13-7-12-26-4/h8-9,14,23H,5-7,10-13,15H2,1-4H3,(H2,20,21,22). The Hall–Kier alpha value is -1.84. The molecule has 0 atom stereocenters. The minimum absolute atomic E-state index is 0.0933. The van der Waals surface area contributed by atoms with Crippen molar-refractivity contribution in [1.82, 2.24) is 15.4 Å². The van der Waals surface area contributed by atoms with Gasteiger partial charge in [-0.3, -0.25) is 4.99 Å². The smallest absolute Gasteiger partial charge is 0.211 e. The average Bonchev–Trinajstić information content (AvgIpc) is 2.68. The molecule has 8 nitrogen and oxygen atoms in total. The molecule has 0 radical (unpaired) electrons. The monoisotopic (exact) mass is 414 g/mol. The first-order valence-corrected chi connectivity index (χ1v) is 11.2. The van der Waals surface area contributed by atoms with E-state index in [4.69, 9.17) is 9.47 Å². The van der Waals surface area contributed by atoms with Gasteiger partial charge in [-0.05, 0) is 31.9 Å².